The van der Waals surface area contributed by atoms with Crippen molar-refractivity contribution in [3.8, 4) is 0 Å². The van der Waals surface area contributed by atoms with E-state index in [1.165, 1.54) is 12.8 Å². The fourth-order valence-electron chi connectivity index (χ4n) is 2.17. The molecule has 1 aliphatic carbocycles. The van der Waals surface area contributed by atoms with Crippen molar-refractivity contribution in [1.29, 1.82) is 0 Å². The molecule has 1 fully saturated rings. The lowest BCUT2D eigenvalue weighted by Gasteiger charge is -2.25. The van der Waals surface area contributed by atoms with Crippen LogP contribution in [0.1, 0.15) is 45.4 Å². The van der Waals surface area contributed by atoms with E-state index in [9.17, 15) is 4.79 Å². The van der Waals surface area contributed by atoms with E-state index in [4.69, 9.17) is 11.6 Å². The van der Waals surface area contributed by atoms with E-state index in [1.807, 2.05) is 0 Å². The maximum Gasteiger partial charge on any atom is 0.136 e. The number of carbonyl (C=O) groups excluding carboxylic acids is 1. The fourth-order valence-corrected chi connectivity index (χ4v) is 2.31. The van der Waals surface area contributed by atoms with Crippen LogP contribution in [0.3, 0.4) is 0 Å². The molecule has 0 saturated heterocycles. The summed E-state index contributed by atoms with van der Waals surface area (Å²) in [6, 6.07) is 0. The summed E-state index contributed by atoms with van der Waals surface area (Å²) in [7, 11) is 0. The zero-order valence-electron chi connectivity index (χ0n) is 8.39. The van der Waals surface area contributed by atoms with Gasteiger partial charge in [0.2, 0.25) is 0 Å². The van der Waals surface area contributed by atoms with Crippen LogP contribution in [0.25, 0.3) is 0 Å². The molecule has 76 valence electrons. The van der Waals surface area contributed by atoms with Crippen molar-refractivity contribution >= 4 is 17.4 Å². The van der Waals surface area contributed by atoms with Crippen molar-refractivity contribution in [3.63, 3.8) is 0 Å². The van der Waals surface area contributed by atoms with Gasteiger partial charge in [-0.1, -0.05) is 19.8 Å². The second kappa shape index (κ2) is 5.64. The maximum absolute atomic E-state index is 11.6. The van der Waals surface area contributed by atoms with Crippen molar-refractivity contribution in [2.45, 2.75) is 45.4 Å². The molecule has 0 aromatic carbocycles. The molecule has 1 aliphatic rings. The first-order valence-electron chi connectivity index (χ1n) is 5.32. The molecule has 0 spiro atoms. The minimum Gasteiger partial charge on any atom is -0.299 e. The standard InChI is InChI=1S/C11H19ClO/c1-9-4-2-5-10(8-9)11(13)6-3-7-12/h9-10H,2-8H2,1H3. The number of alkyl halides is 1. The molecule has 0 radical (unpaired) electrons. The first kappa shape index (κ1) is 11.0. The molecule has 13 heavy (non-hydrogen) atoms. The Morgan fingerprint density at radius 1 is 1.46 bits per heavy atom. The molecular formula is C11H19ClO. The quantitative estimate of drug-likeness (QED) is 0.639. The maximum atomic E-state index is 11.6. The lowest BCUT2D eigenvalue weighted by Crippen LogP contribution is -2.21. The topological polar surface area (TPSA) is 17.1 Å². The third-order valence-electron chi connectivity index (χ3n) is 2.95. The average molecular weight is 203 g/mol. The number of Topliss-reactive ketones (excluding diaryl/α,β-unsaturated/α-hetero) is 1. The second-order valence-corrected chi connectivity index (χ2v) is 4.61. The van der Waals surface area contributed by atoms with Gasteiger partial charge in [0.05, 0.1) is 0 Å². The monoisotopic (exact) mass is 202 g/mol. The summed E-state index contributed by atoms with van der Waals surface area (Å²) < 4.78 is 0. The summed E-state index contributed by atoms with van der Waals surface area (Å²) in [5, 5.41) is 0. The van der Waals surface area contributed by atoms with Crippen molar-refractivity contribution in [1.82, 2.24) is 0 Å². The van der Waals surface area contributed by atoms with Crippen LogP contribution in [0.4, 0.5) is 0 Å². The molecule has 2 heteroatoms. The molecule has 0 aromatic heterocycles. The van der Waals surface area contributed by atoms with Gasteiger partial charge < -0.3 is 0 Å². The van der Waals surface area contributed by atoms with Gasteiger partial charge in [-0.2, -0.15) is 0 Å². The number of hydrogen-bond donors (Lipinski definition) is 0. The Hall–Kier alpha value is -0.0400. The van der Waals surface area contributed by atoms with Gasteiger partial charge in [0.1, 0.15) is 5.78 Å². The molecule has 2 unspecified atom stereocenters. The molecule has 1 nitrogen and oxygen atoms in total. The highest BCUT2D eigenvalue weighted by molar-refractivity contribution is 6.17. The summed E-state index contributed by atoms with van der Waals surface area (Å²) in [5.41, 5.74) is 0. The number of ketones is 1. The molecule has 0 amide bonds. The minimum atomic E-state index is 0.354. The van der Waals surface area contributed by atoms with Gasteiger partial charge in [-0.15, -0.1) is 11.6 Å². The Labute approximate surface area is 85.8 Å². The van der Waals surface area contributed by atoms with Crippen molar-refractivity contribution in [2.75, 3.05) is 5.88 Å². The average Bonchev–Trinajstić information content (AvgIpc) is 2.14. The normalized spacial score (nSPS) is 28.8. The number of rotatable bonds is 4. The van der Waals surface area contributed by atoms with Gasteiger partial charge >= 0.3 is 0 Å². The van der Waals surface area contributed by atoms with Gasteiger partial charge in [-0.25, -0.2) is 0 Å². The Morgan fingerprint density at radius 2 is 2.23 bits per heavy atom. The SMILES string of the molecule is CC1CCCC(C(=O)CCCCl)C1. The molecule has 0 aromatic rings. The van der Waals surface area contributed by atoms with Gasteiger partial charge in [-0.3, -0.25) is 4.79 Å². The molecular weight excluding hydrogens is 184 g/mol. The Morgan fingerprint density at radius 3 is 2.85 bits per heavy atom. The van der Waals surface area contributed by atoms with Crippen LogP contribution in [0.2, 0.25) is 0 Å². The van der Waals surface area contributed by atoms with Crippen LogP contribution >= 0.6 is 11.6 Å². The zero-order valence-corrected chi connectivity index (χ0v) is 9.15. The molecule has 1 rings (SSSR count). The lowest BCUT2D eigenvalue weighted by atomic mass is 9.79. The Bertz CT molecular complexity index is 167. The van der Waals surface area contributed by atoms with Crippen LogP contribution in [0, 0.1) is 11.8 Å². The first-order chi connectivity index (χ1) is 6.24. The predicted molar refractivity (Wildman–Crippen MR) is 56.1 cm³/mol. The molecule has 1 saturated carbocycles. The van der Waals surface area contributed by atoms with Gasteiger partial charge in [-0.05, 0) is 25.2 Å². The summed E-state index contributed by atoms with van der Waals surface area (Å²) in [6.45, 7) is 2.25. The first-order valence-corrected chi connectivity index (χ1v) is 5.86. The van der Waals surface area contributed by atoms with Crippen molar-refractivity contribution in [3.05, 3.63) is 0 Å². The molecule has 2 atom stereocenters. The fraction of sp³-hybridized carbons (Fsp3) is 0.909. The summed E-state index contributed by atoms with van der Waals surface area (Å²) in [4.78, 5) is 11.6. The smallest absolute Gasteiger partial charge is 0.136 e. The third kappa shape index (κ3) is 3.68. The van der Waals surface area contributed by atoms with Gasteiger partial charge in [0.15, 0.2) is 0 Å². The van der Waals surface area contributed by atoms with Crippen molar-refractivity contribution < 1.29 is 4.79 Å². The third-order valence-corrected chi connectivity index (χ3v) is 3.22. The lowest BCUT2D eigenvalue weighted by molar-refractivity contribution is -0.124. The van der Waals surface area contributed by atoms with E-state index in [0.717, 1.165) is 25.2 Å². The molecule has 0 heterocycles. The van der Waals surface area contributed by atoms with Gasteiger partial charge in [0, 0.05) is 18.2 Å². The van der Waals surface area contributed by atoms with Crippen LogP contribution in [0.5, 0.6) is 0 Å². The van der Waals surface area contributed by atoms with Crippen molar-refractivity contribution in [2.24, 2.45) is 11.8 Å². The van der Waals surface area contributed by atoms with E-state index < -0.39 is 0 Å². The number of carbonyl (C=O) groups is 1. The van der Waals surface area contributed by atoms with Crippen LogP contribution < -0.4 is 0 Å². The van der Waals surface area contributed by atoms with E-state index >= 15 is 0 Å². The predicted octanol–water partition coefficient (Wildman–Crippen LogP) is 3.40. The second-order valence-electron chi connectivity index (χ2n) is 4.23. The largest absolute Gasteiger partial charge is 0.299 e. The molecule has 0 aliphatic heterocycles. The highest BCUT2D eigenvalue weighted by atomic mass is 35.5. The summed E-state index contributed by atoms with van der Waals surface area (Å²) in [6.07, 6.45) is 6.32. The van der Waals surface area contributed by atoms with Crippen LogP contribution in [-0.2, 0) is 4.79 Å². The molecule has 0 bridgehead atoms. The highest BCUT2D eigenvalue weighted by Crippen LogP contribution is 2.29. The summed E-state index contributed by atoms with van der Waals surface area (Å²) >= 11 is 5.56. The van der Waals surface area contributed by atoms with E-state index in [2.05, 4.69) is 6.92 Å². The Kier molecular flexibility index (Phi) is 4.79. The van der Waals surface area contributed by atoms with Crippen LogP contribution in [0.15, 0.2) is 0 Å². The zero-order chi connectivity index (χ0) is 9.68. The van der Waals surface area contributed by atoms with Gasteiger partial charge in [0.25, 0.3) is 0 Å². The van der Waals surface area contributed by atoms with Crippen LogP contribution in [-0.4, -0.2) is 11.7 Å². The van der Waals surface area contributed by atoms with E-state index in [1.54, 1.807) is 0 Å². The molecule has 0 N–H and O–H groups in total. The van der Waals surface area contributed by atoms with E-state index in [-0.39, 0.29) is 0 Å². The van der Waals surface area contributed by atoms with E-state index in [0.29, 0.717) is 24.0 Å². The summed E-state index contributed by atoms with van der Waals surface area (Å²) in [5.74, 6) is 2.17. The minimum absolute atomic E-state index is 0.354. The Balaban J connectivity index is 2.28. The highest BCUT2D eigenvalue weighted by Gasteiger charge is 2.23. The number of hydrogen-bond acceptors (Lipinski definition) is 1. The number of halogens is 1.